The molecule has 0 saturated carbocycles. The van der Waals surface area contributed by atoms with Crippen molar-refractivity contribution in [1.29, 1.82) is 0 Å². The summed E-state index contributed by atoms with van der Waals surface area (Å²) in [5, 5.41) is 1.96. The molecule has 3 heteroatoms. The minimum absolute atomic E-state index is 0.821. The number of hydrogen-bond acceptors (Lipinski definition) is 2. The van der Waals surface area contributed by atoms with Gasteiger partial charge in [0, 0.05) is 13.0 Å². The first-order chi connectivity index (χ1) is 9.38. The lowest BCUT2D eigenvalue weighted by molar-refractivity contribution is -0.594. The van der Waals surface area contributed by atoms with Gasteiger partial charge in [-0.1, -0.05) is 12.1 Å². The summed E-state index contributed by atoms with van der Waals surface area (Å²) in [4.78, 5) is 2.53. The number of rotatable bonds is 8. The van der Waals surface area contributed by atoms with Gasteiger partial charge in [0.25, 0.3) is 0 Å². The summed E-state index contributed by atoms with van der Waals surface area (Å²) < 4.78 is 5.83. The summed E-state index contributed by atoms with van der Waals surface area (Å²) in [6.07, 6.45) is 4.91. The van der Waals surface area contributed by atoms with Crippen molar-refractivity contribution in [2.45, 2.75) is 25.7 Å². The van der Waals surface area contributed by atoms with Gasteiger partial charge in [-0.05, 0) is 50.0 Å². The summed E-state index contributed by atoms with van der Waals surface area (Å²) in [6, 6.07) is 8.43. The van der Waals surface area contributed by atoms with E-state index < -0.39 is 0 Å². The van der Waals surface area contributed by atoms with Gasteiger partial charge in [-0.2, -0.15) is 7.05 Å². The number of quaternary nitrogens is 1. The largest absolute Gasteiger partial charge is 0.494 e. The van der Waals surface area contributed by atoms with Crippen molar-refractivity contribution in [3.8, 4) is 5.75 Å². The number of hydrogen-bond donors (Lipinski definition) is 1. The summed E-state index contributed by atoms with van der Waals surface area (Å²) in [5.74, 6) is 1.00. The molecule has 1 aromatic carbocycles. The average Bonchev–Trinajstić information content (AvgIpc) is 2.95. The summed E-state index contributed by atoms with van der Waals surface area (Å²) >= 11 is 0. The van der Waals surface area contributed by atoms with Crippen molar-refractivity contribution in [1.82, 2.24) is 4.90 Å². The molecule has 0 bridgehead atoms. The van der Waals surface area contributed by atoms with Gasteiger partial charge in [0.05, 0.1) is 13.2 Å². The van der Waals surface area contributed by atoms with E-state index >= 15 is 0 Å². The number of nitrogens with two attached hydrogens (primary N) is 1. The molecule has 1 aliphatic rings. The molecule has 3 nitrogen and oxygen atoms in total. The fourth-order valence-corrected chi connectivity index (χ4v) is 2.54. The van der Waals surface area contributed by atoms with E-state index in [0.29, 0.717) is 0 Å². The molecule has 0 atom stereocenters. The monoisotopic (exact) mass is 262 g/mol. The SMILES string of the molecule is [CH2-][NH2+]CCc1cccc(OCCCN2CCCC2)c1. The lowest BCUT2D eigenvalue weighted by Crippen LogP contribution is -2.77. The molecule has 1 heterocycles. The zero-order valence-electron chi connectivity index (χ0n) is 11.8. The highest BCUT2D eigenvalue weighted by Crippen LogP contribution is 2.14. The molecule has 0 unspecified atom stereocenters. The van der Waals surface area contributed by atoms with Gasteiger partial charge in [0.1, 0.15) is 5.75 Å². The molecule has 106 valence electrons. The third kappa shape index (κ3) is 5.21. The van der Waals surface area contributed by atoms with Crippen LogP contribution in [0.1, 0.15) is 24.8 Å². The normalized spacial score (nSPS) is 15.8. The lowest BCUT2D eigenvalue weighted by atomic mass is 10.1. The number of likely N-dealkylation sites (tertiary alicyclic amines) is 1. The van der Waals surface area contributed by atoms with Gasteiger partial charge in [0.15, 0.2) is 0 Å². The Hall–Kier alpha value is -1.06. The van der Waals surface area contributed by atoms with Crippen molar-refractivity contribution in [2.75, 3.05) is 32.8 Å². The van der Waals surface area contributed by atoms with E-state index in [1.165, 1.54) is 38.0 Å². The Bertz CT molecular complexity index is 362. The van der Waals surface area contributed by atoms with E-state index in [-0.39, 0.29) is 0 Å². The minimum atomic E-state index is 0.821. The van der Waals surface area contributed by atoms with E-state index in [2.05, 4.69) is 30.1 Å². The van der Waals surface area contributed by atoms with Crippen LogP contribution in [0.3, 0.4) is 0 Å². The maximum absolute atomic E-state index is 5.83. The molecule has 1 aromatic rings. The second-order valence-corrected chi connectivity index (χ2v) is 5.23. The van der Waals surface area contributed by atoms with E-state index in [1.54, 1.807) is 0 Å². The van der Waals surface area contributed by atoms with Crippen LogP contribution in [0, 0.1) is 7.05 Å². The fraction of sp³-hybridized carbons (Fsp3) is 0.562. The maximum atomic E-state index is 5.83. The van der Waals surface area contributed by atoms with Crippen molar-refractivity contribution in [3.05, 3.63) is 36.9 Å². The Morgan fingerprint density at radius 3 is 2.89 bits per heavy atom. The number of ether oxygens (including phenoxy) is 1. The first-order valence-electron chi connectivity index (χ1n) is 7.43. The van der Waals surface area contributed by atoms with Gasteiger partial charge in [-0.3, -0.25) is 0 Å². The quantitative estimate of drug-likeness (QED) is 0.567. The van der Waals surface area contributed by atoms with Crippen molar-refractivity contribution in [2.24, 2.45) is 0 Å². The molecule has 0 aromatic heterocycles. The third-order valence-corrected chi connectivity index (χ3v) is 3.62. The van der Waals surface area contributed by atoms with Gasteiger partial charge >= 0.3 is 0 Å². The molecule has 0 amide bonds. The Morgan fingerprint density at radius 1 is 1.26 bits per heavy atom. The molecular weight excluding hydrogens is 236 g/mol. The highest BCUT2D eigenvalue weighted by molar-refractivity contribution is 5.28. The first-order valence-corrected chi connectivity index (χ1v) is 7.43. The Labute approximate surface area is 116 Å². The first kappa shape index (κ1) is 14.4. The predicted octanol–water partition coefficient (Wildman–Crippen LogP) is 1.45. The highest BCUT2D eigenvalue weighted by atomic mass is 16.5. The molecular formula is C16H26N2O. The Kier molecular flexibility index (Phi) is 6.18. The van der Waals surface area contributed by atoms with Gasteiger partial charge < -0.3 is 15.0 Å². The summed E-state index contributed by atoms with van der Waals surface area (Å²) in [7, 11) is 3.76. The number of benzene rings is 1. The summed E-state index contributed by atoms with van der Waals surface area (Å²) in [6.45, 7) is 5.57. The van der Waals surface area contributed by atoms with Crippen LogP contribution in [0.4, 0.5) is 0 Å². The third-order valence-electron chi connectivity index (χ3n) is 3.62. The topological polar surface area (TPSA) is 29.1 Å². The zero-order chi connectivity index (χ0) is 13.3. The molecule has 19 heavy (non-hydrogen) atoms. The molecule has 2 rings (SSSR count). The zero-order valence-corrected chi connectivity index (χ0v) is 11.8. The average molecular weight is 262 g/mol. The van der Waals surface area contributed by atoms with Crippen LogP contribution in [0.5, 0.6) is 5.75 Å². The lowest BCUT2D eigenvalue weighted by Gasteiger charge is -2.14. The second kappa shape index (κ2) is 8.18. The smallest absolute Gasteiger partial charge is 0.119 e. The molecule has 1 fully saturated rings. The Morgan fingerprint density at radius 2 is 2.11 bits per heavy atom. The molecule has 0 aliphatic carbocycles. The van der Waals surface area contributed by atoms with Crippen LogP contribution >= 0.6 is 0 Å². The van der Waals surface area contributed by atoms with Gasteiger partial charge in [-0.25, -0.2) is 0 Å². The Balaban J connectivity index is 1.66. The van der Waals surface area contributed by atoms with E-state index in [9.17, 15) is 0 Å². The van der Waals surface area contributed by atoms with Crippen LogP contribution in [-0.2, 0) is 6.42 Å². The van der Waals surface area contributed by atoms with Crippen molar-refractivity contribution < 1.29 is 10.1 Å². The van der Waals surface area contributed by atoms with E-state index in [0.717, 1.165) is 31.7 Å². The molecule has 1 aliphatic heterocycles. The van der Waals surface area contributed by atoms with Crippen molar-refractivity contribution >= 4 is 0 Å². The maximum Gasteiger partial charge on any atom is 0.119 e. The van der Waals surface area contributed by atoms with E-state index in [1.807, 2.05) is 11.4 Å². The molecule has 0 radical (unpaired) electrons. The standard InChI is InChI=1S/C16H26N2O/c1-17-9-8-15-6-4-7-16(14-15)19-13-5-12-18-10-2-3-11-18/h4,6-7,14H,1-3,5,8-13,17H2. The molecule has 1 saturated heterocycles. The van der Waals surface area contributed by atoms with Crippen molar-refractivity contribution in [3.63, 3.8) is 0 Å². The molecule has 0 spiro atoms. The minimum Gasteiger partial charge on any atom is -0.494 e. The second-order valence-electron chi connectivity index (χ2n) is 5.23. The van der Waals surface area contributed by atoms with Crippen LogP contribution < -0.4 is 10.1 Å². The van der Waals surface area contributed by atoms with Crippen LogP contribution in [0.15, 0.2) is 24.3 Å². The molecule has 2 N–H and O–H groups in total. The van der Waals surface area contributed by atoms with Crippen LogP contribution in [-0.4, -0.2) is 37.7 Å². The van der Waals surface area contributed by atoms with Crippen LogP contribution in [0.25, 0.3) is 0 Å². The van der Waals surface area contributed by atoms with Gasteiger partial charge in [-0.15, -0.1) is 0 Å². The number of nitrogens with zero attached hydrogens (tertiary/aromatic N) is 1. The van der Waals surface area contributed by atoms with Crippen LogP contribution in [0.2, 0.25) is 0 Å². The summed E-state index contributed by atoms with van der Waals surface area (Å²) in [5.41, 5.74) is 1.33. The highest BCUT2D eigenvalue weighted by Gasteiger charge is 2.10. The predicted molar refractivity (Wildman–Crippen MR) is 78.1 cm³/mol. The van der Waals surface area contributed by atoms with Gasteiger partial charge in [0.2, 0.25) is 0 Å². The van der Waals surface area contributed by atoms with E-state index in [4.69, 9.17) is 4.74 Å². The fourth-order valence-electron chi connectivity index (χ4n) is 2.54.